The molecule has 1 saturated carbocycles. The fourth-order valence-electron chi connectivity index (χ4n) is 2.78. The maximum atomic E-state index is 12.0. The van der Waals surface area contributed by atoms with Crippen LogP contribution in [0.3, 0.4) is 0 Å². The molecule has 2 atom stereocenters. The predicted octanol–water partition coefficient (Wildman–Crippen LogP) is 3.22. The zero-order valence-corrected chi connectivity index (χ0v) is 13.3. The van der Waals surface area contributed by atoms with E-state index < -0.39 is 0 Å². The third-order valence-electron chi connectivity index (χ3n) is 3.87. The Morgan fingerprint density at radius 3 is 2.95 bits per heavy atom. The summed E-state index contributed by atoms with van der Waals surface area (Å²) in [5.41, 5.74) is 2.00. The number of hydrogen-bond donors (Lipinski definition) is 3. The van der Waals surface area contributed by atoms with Gasteiger partial charge in [0.05, 0.1) is 6.10 Å². The molecule has 0 saturated heterocycles. The number of nitrogens with one attached hydrogen (secondary N) is 2. The molecule has 21 heavy (non-hydrogen) atoms. The molecule has 0 aliphatic heterocycles. The van der Waals surface area contributed by atoms with Gasteiger partial charge in [0.1, 0.15) is 0 Å². The normalized spacial score (nSPS) is 21.8. The first-order valence-corrected chi connectivity index (χ1v) is 8.88. The molecule has 2 rings (SSSR count). The van der Waals surface area contributed by atoms with E-state index in [2.05, 4.69) is 10.6 Å². The van der Waals surface area contributed by atoms with E-state index in [4.69, 9.17) is 0 Å². The quantitative estimate of drug-likeness (QED) is 0.782. The number of aliphatic hydroxyl groups excluding tert-OH is 1. The molecule has 1 aromatic carbocycles. The Hall–Kier alpha value is -1.20. The number of hydrogen-bond acceptors (Lipinski definition) is 3. The van der Waals surface area contributed by atoms with Crippen molar-refractivity contribution in [2.45, 2.75) is 37.5 Å². The van der Waals surface area contributed by atoms with Gasteiger partial charge in [-0.1, -0.05) is 24.6 Å². The maximum absolute atomic E-state index is 12.0. The third-order valence-corrected chi connectivity index (χ3v) is 4.47. The van der Waals surface area contributed by atoms with E-state index >= 15 is 0 Å². The van der Waals surface area contributed by atoms with Gasteiger partial charge >= 0.3 is 6.03 Å². The number of rotatable bonds is 5. The first-order valence-electron chi connectivity index (χ1n) is 7.48. The summed E-state index contributed by atoms with van der Waals surface area (Å²) in [6, 6.07) is 7.71. The van der Waals surface area contributed by atoms with Gasteiger partial charge in [-0.2, -0.15) is 11.8 Å². The van der Waals surface area contributed by atoms with E-state index in [9.17, 15) is 9.90 Å². The molecule has 0 radical (unpaired) electrons. The Labute approximate surface area is 130 Å². The van der Waals surface area contributed by atoms with Crippen molar-refractivity contribution in [3.8, 4) is 0 Å². The number of carbonyl (C=O) groups excluding carboxylic acids is 1. The van der Waals surface area contributed by atoms with Crippen LogP contribution in [-0.2, 0) is 5.75 Å². The second-order valence-corrected chi connectivity index (χ2v) is 6.48. The number of thioether (sulfide) groups is 1. The topological polar surface area (TPSA) is 61.4 Å². The van der Waals surface area contributed by atoms with E-state index in [-0.39, 0.29) is 12.1 Å². The van der Waals surface area contributed by atoms with Gasteiger partial charge in [0.25, 0.3) is 0 Å². The summed E-state index contributed by atoms with van der Waals surface area (Å²) in [5, 5.41) is 15.5. The lowest BCUT2D eigenvalue weighted by atomic mass is 9.87. The van der Waals surface area contributed by atoms with E-state index in [0.29, 0.717) is 12.5 Å². The number of benzene rings is 1. The van der Waals surface area contributed by atoms with Crippen LogP contribution in [0.2, 0.25) is 0 Å². The molecule has 1 aliphatic rings. The van der Waals surface area contributed by atoms with Gasteiger partial charge in [-0.25, -0.2) is 4.79 Å². The van der Waals surface area contributed by atoms with E-state index in [1.807, 2.05) is 30.5 Å². The van der Waals surface area contributed by atoms with Gasteiger partial charge in [0.15, 0.2) is 0 Å². The predicted molar refractivity (Wildman–Crippen MR) is 88.6 cm³/mol. The molecule has 2 amide bonds. The second-order valence-electron chi connectivity index (χ2n) is 5.61. The first kappa shape index (κ1) is 16.2. The average Bonchev–Trinajstić information content (AvgIpc) is 2.48. The first-order chi connectivity index (χ1) is 10.2. The van der Waals surface area contributed by atoms with E-state index in [1.54, 1.807) is 11.8 Å². The largest absolute Gasteiger partial charge is 0.393 e. The number of urea groups is 1. The van der Waals surface area contributed by atoms with Crippen LogP contribution in [-0.4, -0.2) is 30.0 Å². The van der Waals surface area contributed by atoms with Gasteiger partial charge < -0.3 is 15.7 Å². The highest BCUT2D eigenvalue weighted by atomic mass is 32.2. The Bertz CT molecular complexity index is 467. The maximum Gasteiger partial charge on any atom is 0.319 e. The standard InChI is InChI=1S/C16H24N2O2S/c1-21-11-13-6-2-3-8-15(13)18-16(20)17-10-12-5-4-7-14(19)9-12/h2-3,6,8,12,14,19H,4-5,7,9-11H2,1H3,(H2,17,18,20)/t12-,14-/m1/s1. The number of carbonyl (C=O) groups is 1. The van der Waals surface area contributed by atoms with Crippen molar-refractivity contribution in [1.29, 1.82) is 0 Å². The molecule has 0 unspecified atom stereocenters. The molecule has 1 aliphatic carbocycles. The third kappa shape index (κ3) is 5.25. The number of aliphatic hydroxyl groups is 1. The summed E-state index contributed by atoms with van der Waals surface area (Å²) in [4.78, 5) is 12.0. The molecule has 3 N–H and O–H groups in total. The lowest BCUT2D eigenvalue weighted by Gasteiger charge is -2.26. The van der Waals surface area contributed by atoms with Crippen LogP contribution in [0.25, 0.3) is 0 Å². The highest BCUT2D eigenvalue weighted by molar-refractivity contribution is 7.97. The summed E-state index contributed by atoms with van der Waals surface area (Å²) in [6.07, 6.45) is 5.67. The SMILES string of the molecule is CSCc1ccccc1NC(=O)NC[C@@H]1CCC[C@@H](O)C1. The van der Waals surface area contributed by atoms with Crippen LogP contribution in [0.1, 0.15) is 31.2 Å². The zero-order chi connectivity index (χ0) is 15.1. The number of anilines is 1. The Morgan fingerprint density at radius 2 is 2.19 bits per heavy atom. The Balaban J connectivity index is 1.81. The monoisotopic (exact) mass is 308 g/mol. The van der Waals surface area contributed by atoms with Crippen LogP contribution >= 0.6 is 11.8 Å². The molecular weight excluding hydrogens is 284 g/mol. The van der Waals surface area contributed by atoms with E-state index in [0.717, 1.165) is 42.7 Å². The molecule has 0 bridgehead atoms. The fraction of sp³-hybridized carbons (Fsp3) is 0.562. The smallest absolute Gasteiger partial charge is 0.319 e. The van der Waals surface area contributed by atoms with Crippen LogP contribution in [0.5, 0.6) is 0 Å². The van der Waals surface area contributed by atoms with Gasteiger partial charge in [-0.3, -0.25) is 0 Å². The van der Waals surface area contributed by atoms with Crippen molar-refractivity contribution in [1.82, 2.24) is 5.32 Å². The summed E-state index contributed by atoms with van der Waals surface area (Å²) in [7, 11) is 0. The van der Waals surface area contributed by atoms with Crippen molar-refractivity contribution in [2.75, 3.05) is 18.1 Å². The van der Waals surface area contributed by atoms with Crippen molar-refractivity contribution in [2.24, 2.45) is 5.92 Å². The molecule has 4 nitrogen and oxygen atoms in total. The van der Waals surface area contributed by atoms with Crippen molar-refractivity contribution in [3.05, 3.63) is 29.8 Å². The molecule has 116 valence electrons. The highest BCUT2D eigenvalue weighted by Crippen LogP contribution is 2.23. The lowest BCUT2D eigenvalue weighted by Crippen LogP contribution is -2.35. The minimum absolute atomic E-state index is 0.163. The molecule has 5 heteroatoms. The summed E-state index contributed by atoms with van der Waals surface area (Å²) in [5.74, 6) is 1.27. The molecule has 0 aromatic heterocycles. The summed E-state index contributed by atoms with van der Waals surface area (Å²) in [6.45, 7) is 0.633. The molecular formula is C16H24N2O2S. The van der Waals surface area contributed by atoms with Crippen LogP contribution in [0.15, 0.2) is 24.3 Å². The second kappa shape index (κ2) is 8.29. The lowest BCUT2D eigenvalue weighted by molar-refractivity contribution is 0.101. The minimum Gasteiger partial charge on any atom is -0.393 e. The highest BCUT2D eigenvalue weighted by Gasteiger charge is 2.20. The van der Waals surface area contributed by atoms with Crippen LogP contribution < -0.4 is 10.6 Å². The van der Waals surface area contributed by atoms with E-state index in [1.165, 1.54) is 0 Å². The van der Waals surface area contributed by atoms with Gasteiger partial charge in [0.2, 0.25) is 0 Å². The average molecular weight is 308 g/mol. The van der Waals surface area contributed by atoms with Gasteiger partial charge in [-0.15, -0.1) is 0 Å². The Kier molecular flexibility index (Phi) is 6.39. The van der Waals surface area contributed by atoms with Crippen molar-refractivity contribution >= 4 is 23.5 Å². The summed E-state index contributed by atoms with van der Waals surface area (Å²) < 4.78 is 0. The van der Waals surface area contributed by atoms with Crippen LogP contribution in [0.4, 0.5) is 10.5 Å². The van der Waals surface area contributed by atoms with Crippen molar-refractivity contribution < 1.29 is 9.90 Å². The molecule has 0 heterocycles. The fourth-order valence-corrected chi connectivity index (χ4v) is 3.34. The van der Waals surface area contributed by atoms with Gasteiger partial charge in [0, 0.05) is 18.0 Å². The zero-order valence-electron chi connectivity index (χ0n) is 12.5. The summed E-state index contributed by atoms with van der Waals surface area (Å²) >= 11 is 1.73. The van der Waals surface area contributed by atoms with Gasteiger partial charge in [-0.05, 0) is 43.1 Å². The number of para-hydroxylation sites is 1. The molecule has 1 fully saturated rings. The molecule has 0 spiro atoms. The number of amides is 2. The Morgan fingerprint density at radius 1 is 1.38 bits per heavy atom. The van der Waals surface area contributed by atoms with Crippen molar-refractivity contribution in [3.63, 3.8) is 0 Å². The molecule has 1 aromatic rings. The minimum atomic E-state index is -0.198. The van der Waals surface area contributed by atoms with Crippen LogP contribution in [0, 0.1) is 5.92 Å².